The SMILES string of the molecule is O=C(O)C=CCCCOON1C(=O)c2ccccc2C1=O. The third-order valence-electron chi connectivity index (χ3n) is 2.74. The molecule has 2 rings (SSSR count). The fourth-order valence-corrected chi connectivity index (χ4v) is 1.77. The van der Waals surface area contributed by atoms with Gasteiger partial charge in [0.15, 0.2) is 0 Å². The Morgan fingerprint density at radius 1 is 1.19 bits per heavy atom. The summed E-state index contributed by atoms with van der Waals surface area (Å²) in [5.41, 5.74) is 0.547. The van der Waals surface area contributed by atoms with Crippen molar-refractivity contribution in [3.8, 4) is 0 Å². The average molecular weight is 291 g/mol. The molecule has 0 saturated heterocycles. The molecule has 0 unspecified atom stereocenters. The number of hydrogen-bond acceptors (Lipinski definition) is 5. The molecule has 0 aliphatic carbocycles. The fourth-order valence-electron chi connectivity index (χ4n) is 1.77. The van der Waals surface area contributed by atoms with Crippen molar-refractivity contribution in [2.75, 3.05) is 6.61 Å². The third-order valence-corrected chi connectivity index (χ3v) is 2.74. The van der Waals surface area contributed by atoms with Crippen LogP contribution in [-0.4, -0.2) is 34.6 Å². The Morgan fingerprint density at radius 2 is 1.81 bits per heavy atom. The van der Waals surface area contributed by atoms with Crippen LogP contribution in [0.25, 0.3) is 0 Å². The Labute approximate surface area is 120 Å². The zero-order chi connectivity index (χ0) is 15.2. The molecule has 2 amide bonds. The van der Waals surface area contributed by atoms with Crippen molar-refractivity contribution >= 4 is 17.8 Å². The number of carbonyl (C=O) groups is 3. The van der Waals surface area contributed by atoms with Crippen LogP contribution in [0.1, 0.15) is 33.6 Å². The van der Waals surface area contributed by atoms with Crippen LogP contribution in [0.5, 0.6) is 0 Å². The first-order valence-corrected chi connectivity index (χ1v) is 6.28. The smallest absolute Gasteiger partial charge is 0.327 e. The highest BCUT2D eigenvalue weighted by atomic mass is 17.3. The number of fused-ring (bicyclic) bond motifs is 1. The number of aliphatic carboxylic acids is 1. The van der Waals surface area contributed by atoms with Crippen LogP contribution >= 0.6 is 0 Å². The van der Waals surface area contributed by atoms with E-state index in [0.717, 1.165) is 6.08 Å². The molecule has 0 fully saturated rings. The van der Waals surface area contributed by atoms with Gasteiger partial charge in [0.25, 0.3) is 11.8 Å². The number of allylic oxidation sites excluding steroid dienone is 1. The summed E-state index contributed by atoms with van der Waals surface area (Å²) >= 11 is 0. The quantitative estimate of drug-likeness (QED) is 0.269. The molecule has 21 heavy (non-hydrogen) atoms. The molecule has 1 N–H and O–H groups in total. The molecular weight excluding hydrogens is 278 g/mol. The second kappa shape index (κ2) is 6.78. The number of carbonyl (C=O) groups excluding carboxylic acids is 2. The minimum absolute atomic E-state index is 0.122. The summed E-state index contributed by atoms with van der Waals surface area (Å²) in [5, 5.41) is 8.95. The number of unbranched alkanes of at least 4 members (excludes halogenated alkanes) is 1. The van der Waals surface area contributed by atoms with E-state index in [9.17, 15) is 14.4 Å². The van der Waals surface area contributed by atoms with Crippen molar-refractivity contribution in [2.45, 2.75) is 12.8 Å². The molecule has 7 nitrogen and oxygen atoms in total. The summed E-state index contributed by atoms with van der Waals surface area (Å²) in [7, 11) is 0. The van der Waals surface area contributed by atoms with E-state index in [-0.39, 0.29) is 17.7 Å². The summed E-state index contributed by atoms with van der Waals surface area (Å²) < 4.78 is 0. The lowest BCUT2D eigenvalue weighted by Gasteiger charge is -2.10. The largest absolute Gasteiger partial charge is 0.478 e. The molecule has 1 aliphatic heterocycles. The first-order chi connectivity index (χ1) is 10.1. The molecule has 0 saturated carbocycles. The highest BCUT2D eigenvalue weighted by molar-refractivity contribution is 6.20. The van der Waals surface area contributed by atoms with Gasteiger partial charge in [-0.1, -0.05) is 18.2 Å². The van der Waals surface area contributed by atoms with E-state index in [1.807, 2.05) is 0 Å². The van der Waals surface area contributed by atoms with Crippen LogP contribution in [0, 0.1) is 0 Å². The number of carboxylic acid groups (broad SMARTS) is 1. The van der Waals surface area contributed by atoms with Crippen molar-refractivity contribution in [1.82, 2.24) is 5.06 Å². The number of nitrogens with zero attached hydrogens (tertiary/aromatic N) is 1. The molecule has 7 heteroatoms. The van der Waals surface area contributed by atoms with Crippen molar-refractivity contribution in [2.24, 2.45) is 0 Å². The van der Waals surface area contributed by atoms with Gasteiger partial charge in [0.1, 0.15) is 0 Å². The van der Waals surface area contributed by atoms with Gasteiger partial charge < -0.3 is 5.11 Å². The van der Waals surface area contributed by atoms with Gasteiger partial charge in [-0.25, -0.2) is 9.68 Å². The van der Waals surface area contributed by atoms with E-state index in [4.69, 9.17) is 15.0 Å². The number of imide groups is 1. The van der Waals surface area contributed by atoms with Crippen LogP contribution in [-0.2, 0) is 14.7 Å². The van der Waals surface area contributed by atoms with Crippen molar-refractivity contribution < 1.29 is 29.4 Å². The lowest BCUT2D eigenvalue weighted by atomic mass is 10.1. The Morgan fingerprint density at radius 3 is 2.38 bits per heavy atom. The van der Waals surface area contributed by atoms with Gasteiger partial charge in [-0.05, 0) is 25.0 Å². The molecule has 1 heterocycles. The summed E-state index contributed by atoms with van der Waals surface area (Å²) in [5.74, 6) is -2.15. The predicted octanol–water partition coefficient (Wildman–Crippen LogP) is 1.57. The number of benzene rings is 1. The average Bonchev–Trinajstić information content (AvgIpc) is 2.71. The van der Waals surface area contributed by atoms with Crippen LogP contribution in [0.15, 0.2) is 36.4 Å². The minimum atomic E-state index is -1.02. The first-order valence-electron chi connectivity index (χ1n) is 6.28. The van der Waals surface area contributed by atoms with Gasteiger partial charge >= 0.3 is 5.97 Å². The van der Waals surface area contributed by atoms with Crippen molar-refractivity contribution in [1.29, 1.82) is 0 Å². The van der Waals surface area contributed by atoms with Crippen molar-refractivity contribution in [3.63, 3.8) is 0 Å². The van der Waals surface area contributed by atoms with E-state index in [1.165, 1.54) is 18.2 Å². The van der Waals surface area contributed by atoms with Crippen LogP contribution in [0.4, 0.5) is 0 Å². The number of rotatable bonds is 7. The standard InChI is InChI=1S/C14H13NO6/c16-12(17)8-2-1-5-9-20-21-15-13(18)10-6-3-4-7-11(10)14(15)19/h2-4,6-8H,1,5,9H2,(H,16,17). The van der Waals surface area contributed by atoms with Gasteiger partial charge in [-0.15, -0.1) is 10.1 Å². The molecule has 0 spiro atoms. The zero-order valence-corrected chi connectivity index (χ0v) is 11.0. The molecule has 0 radical (unpaired) electrons. The van der Waals surface area contributed by atoms with Crippen LogP contribution in [0.2, 0.25) is 0 Å². The van der Waals surface area contributed by atoms with Gasteiger partial charge in [-0.3, -0.25) is 9.59 Å². The first kappa shape index (κ1) is 14.9. The number of hydrogen-bond donors (Lipinski definition) is 1. The number of hydroxylamine groups is 2. The van der Waals surface area contributed by atoms with Gasteiger partial charge in [0.2, 0.25) is 0 Å². The highest BCUT2D eigenvalue weighted by Crippen LogP contribution is 2.22. The molecule has 0 bridgehead atoms. The maximum Gasteiger partial charge on any atom is 0.327 e. The van der Waals surface area contributed by atoms with E-state index < -0.39 is 17.8 Å². The Kier molecular flexibility index (Phi) is 4.81. The fraction of sp³-hybridized carbons (Fsp3) is 0.214. The molecule has 0 aromatic heterocycles. The maximum atomic E-state index is 11.9. The van der Waals surface area contributed by atoms with Gasteiger partial charge in [0, 0.05) is 6.08 Å². The number of carboxylic acids is 1. The summed E-state index contributed by atoms with van der Waals surface area (Å²) in [4.78, 5) is 43.5. The van der Waals surface area contributed by atoms with E-state index in [1.54, 1.807) is 12.1 Å². The molecule has 1 aromatic rings. The Balaban J connectivity index is 1.77. The maximum absolute atomic E-state index is 11.9. The zero-order valence-electron chi connectivity index (χ0n) is 11.0. The van der Waals surface area contributed by atoms with E-state index >= 15 is 0 Å². The van der Waals surface area contributed by atoms with Gasteiger partial charge in [-0.2, -0.15) is 0 Å². The van der Waals surface area contributed by atoms with Crippen molar-refractivity contribution in [3.05, 3.63) is 47.5 Å². The monoisotopic (exact) mass is 291 g/mol. The second-order valence-corrected chi connectivity index (χ2v) is 4.23. The molecular formula is C14H13NO6. The normalized spacial score (nSPS) is 14.0. The van der Waals surface area contributed by atoms with E-state index in [2.05, 4.69) is 0 Å². The van der Waals surface area contributed by atoms with E-state index in [0.29, 0.717) is 17.9 Å². The summed E-state index contributed by atoms with van der Waals surface area (Å²) in [6.07, 6.45) is 3.49. The molecule has 110 valence electrons. The predicted molar refractivity (Wildman–Crippen MR) is 70.0 cm³/mol. The highest BCUT2D eigenvalue weighted by Gasteiger charge is 2.37. The summed E-state index contributed by atoms with van der Waals surface area (Å²) in [6.45, 7) is 0.122. The minimum Gasteiger partial charge on any atom is -0.478 e. The molecule has 0 atom stereocenters. The van der Waals surface area contributed by atoms with Crippen LogP contribution < -0.4 is 0 Å². The molecule has 1 aliphatic rings. The third kappa shape index (κ3) is 3.53. The van der Waals surface area contributed by atoms with Gasteiger partial charge in [0.05, 0.1) is 17.7 Å². The second-order valence-electron chi connectivity index (χ2n) is 4.23. The Hall–Kier alpha value is -2.51. The lowest BCUT2D eigenvalue weighted by Crippen LogP contribution is -2.30. The Bertz CT molecular complexity index is 560. The summed E-state index contributed by atoms with van der Waals surface area (Å²) in [6, 6.07) is 6.39. The lowest BCUT2D eigenvalue weighted by molar-refractivity contribution is -0.385. The number of amides is 2. The topological polar surface area (TPSA) is 93.1 Å². The van der Waals surface area contributed by atoms with Crippen LogP contribution in [0.3, 0.4) is 0 Å². The molecule has 1 aromatic carbocycles.